The van der Waals surface area contributed by atoms with Crippen LogP contribution >= 0.6 is 0 Å². The zero-order chi connectivity index (χ0) is 11.5. The van der Waals surface area contributed by atoms with Crippen molar-refractivity contribution in [3.8, 4) is 0 Å². The third kappa shape index (κ3) is 3.35. The molecule has 0 spiro atoms. The van der Waals surface area contributed by atoms with E-state index >= 15 is 0 Å². The fourth-order valence-corrected chi connectivity index (χ4v) is 6.96. The minimum absolute atomic E-state index is 0.118. The van der Waals surface area contributed by atoms with Crippen molar-refractivity contribution in [1.29, 1.82) is 0 Å². The fourth-order valence-electron chi connectivity index (χ4n) is 1.63. The molecule has 0 aromatic heterocycles. The first-order chi connectivity index (χ1) is 6.94. The Morgan fingerprint density at radius 2 is 1.73 bits per heavy atom. The summed E-state index contributed by atoms with van der Waals surface area (Å²) in [7, 11) is -3.05. The summed E-state index contributed by atoms with van der Waals surface area (Å²) in [6, 6.07) is 8.78. The van der Waals surface area contributed by atoms with Crippen molar-refractivity contribution < 1.29 is 8.42 Å². The molecular weight excluding hydrogens is 269 g/mol. The van der Waals surface area contributed by atoms with Crippen LogP contribution in [-0.2, 0) is 9.84 Å². The van der Waals surface area contributed by atoms with E-state index < -0.39 is 9.84 Å². The molecule has 0 saturated carbocycles. The van der Waals surface area contributed by atoms with Crippen molar-refractivity contribution in [2.24, 2.45) is 5.92 Å². The van der Waals surface area contributed by atoms with Gasteiger partial charge in [-0.25, -0.2) is 0 Å². The first kappa shape index (κ1) is 12.8. The van der Waals surface area contributed by atoms with Gasteiger partial charge in [-0.15, -0.1) is 0 Å². The third-order valence-corrected chi connectivity index (χ3v) is 9.48. The predicted octanol–water partition coefficient (Wildman–Crippen LogP) is 1.20. The summed E-state index contributed by atoms with van der Waals surface area (Å²) in [6.07, 6.45) is 0.789. The van der Waals surface area contributed by atoms with E-state index in [1.54, 1.807) is 24.3 Å². The van der Waals surface area contributed by atoms with Crippen molar-refractivity contribution in [3.63, 3.8) is 0 Å². The standard InChI is InChI=1S/C11H18GeO2S/c1-9(2)8-11(12)15(13,14)10-6-4-3-5-7-10/h3-7,9,11H,8H2,1-2,12H3. The second-order valence-corrected chi connectivity index (χ2v) is 11.3. The number of benzene rings is 1. The van der Waals surface area contributed by atoms with Crippen LogP contribution in [0.15, 0.2) is 35.2 Å². The van der Waals surface area contributed by atoms with Crippen molar-refractivity contribution >= 4 is 26.4 Å². The van der Waals surface area contributed by atoms with E-state index in [1.165, 1.54) is 0 Å². The van der Waals surface area contributed by atoms with Gasteiger partial charge in [0.2, 0.25) is 0 Å². The topological polar surface area (TPSA) is 34.1 Å². The molecule has 0 saturated heterocycles. The summed E-state index contributed by atoms with van der Waals surface area (Å²) < 4.78 is 24.1. The zero-order valence-corrected chi connectivity index (χ0v) is 14.5. The molecule has 1 rings (SSSR count). The summed E-state index contributed by atoms with van der Waals surface area (Å²) in [5.41, 5.74) is 0. The third-order valence-electron chi connectivity index (χ3n) is 2.40. The van der Waals surface area contributed by atoms with E-state index in [2.05, 4.69) is 13.8 Å². The van der Waals surface area contributed by atoms with Gasteiger partial charge in [0.25, 0.3) is 0 Å². The first-order valence-electron chi connectivity index (χ1n) is 5.23. The molecule has 2 nitrogen and oxygen atoms in total. The Balaban J connectivity index is 2.94. The van der Waals surface area contributed by atoms with E-state index in [-0.39, 0.29) is 4.08 Å². The molecule has 0 bridgehead atoms. The van der Waals surface area contributed by atoms with Crippen LogP contribution in [0.4, 0.5) is 0 Å². The molecule has 0 aliphatic heterocycles. The van der Waals surface area contributed by atoms with Crippen molar-refractivity contribution in [2.45, 2.75) is 29.2 Å². The van der Waals surface area contributed by atoms with E-state index in [0.717, 1.165) is 6.42 Å². The van der Waals surface area contributed by atoms with E-state index in [1.807, 2.05) is 6.07 Å². The van der Waals surface area contributed by atoms with E-state index in [4.69, 9.17) is 0 Å². The molecule has 1 atom stereocenters. The van der Waals surface area contributed by atoms with Crippen molar-refractivity contribution in [1.82, 2.24) is 0 Å². The molecule has 0 radical (unpaired) electrons. The van der Waals surface area contributed by atoms with Crippen LogP contribution in [0, 0.1) is 5.92 Å². The number of hydrogen-bond donors (Lipinski definition) is 0. The van der Waals surface area contributed by atoms with Gasteiger partial charge < -0.3 is 0 Å². The number of hydrogen-bond acceptors (Lipinski definition) is 2. The Kier molecular flexibility index (Phi) is 4.40. The second kappa shape index (κ2) is 5.17. The molecule has 15 heavy (non-hydrogen) atoms. The summed E-state index contributed by atoms with van der Waals surface area (Å²) >= 11 is 0.311. The summed E-state index contributed by atoms with van der Waals surface area (Å²) in [5, 5.41) is 0. The van der Waals surface area contributed by atoms with Gasteiger partial charge in [-0.05, 0) is 0 Å². The van der Waals surface area contributed by atoms with Gasteiger partial charge in [-0.1, -0.05) is 0 Å². The molecule has 0 amide bonds. The van der Waals surface area contributed by atoms with Crippen molar-refractivity contribution in [3.05, 3.63) is 30.3 Å². The average Bonchev–Trinajstić information content (AvgIpc) is 2.18. The Hall–Kier alpha value is -0.287. The average molecular weight is 287 g/mol. The maximum atomic E-state index is 12.1. The number of sulfone groups is 1. The molecule has 0 N–H and O–H groups in total. The monoisotopic (exact) mass is 288 g/mol. The fraction of sp³-hybridized carbons (Fsp3) is 0.455. The quantitative estimate of drug-likeness (QED) is 0.780. The van der Waals surface area contributed by atoms with E-state index in [9.17, 15) is 8.42 Å². The van der Waals surface area contributed by atoms with Crippen LogP contribution < -0.4 is 0 Å². The minimum atomic E-state index is -3.05. The van der Waals surface area contributed by atoms with Gasteiger partial charge in [0, 0.05) is 0 Å². The Morgan fingerprint density at radius 1 is 1.20 bits per heavy atom. The Labute approximate surface area is 100 Å². The van der Waals surface area contributed by atoms with Gasteiger partial charge in [0.1, 0.15) is 0 Å². The molecule has 0 aliphatic rings. The van der Waals surface area contributed by atoms with Crippen LogP contribution in [0.5, 0.6) is 0 Å². The predicted molar refractivity (Wildman–Crippen MR) is 66.8 cm³/mol. The molecule has 0 aliphatic carbocycles. The summed E-state index contributed by atoms with van der Waals surface area (Å²) in [5.74, 6) is 0.448. The van der Waals surface area contributed by atoms with Gasteiger partial charge in [-0.3, -0.25) is 0 Å². The van der Waals surface area contributed by atoms with Crippen LogP contribution in [0.3, 0.4) is 0 Å². The van der Waals surface area contributed by atoms with Gasteiger partial charge in [0.15, 0.2) is 0 Å². The van der Waals surface area contributed by atoms with Crippen LogP contribution in [0.2, 0.25) is 0 Å². The zero-order valence-electron chi connectivity index (χ0n) is 9.47. The van der Waals surface area contributed by atoms with Gasteiger partial charge >= 0.3 is 100 Å². The molecule has 1 aromatic rings. The molecule has 0 fully saturated rings. The maximum absolute atomic E-state index is 12.1. The van der Waals surface area contributed by atoms with Gasteiger partial charge in [0.05, 0.1) is 0 Å². The Bertz CT molecular complexity index is 398. The summed E-state index contributed by atoms with van der Waals surface area (Å²) in [6.45, 7) is 4.14. The SMILES string of the molecule is CC(C)C[CH]([GeH3])S(=O)(=O)c1ccccc1. The molecular formula is C11H18GeO2S. The Morgan fingerprint density at radius 3 is 2.20 bits per heavy atom. The summed E-state index contributed by atoms with van der Waals surface area (Å²) in [4.78, 5) is 0.476. The van der Waals surface area contributed by atoms with Gasteiger partial charge in [-0.2, -0.15) is 0 Å². The van der Waals surface area contributed by atoms with Crippen LogP contribution in [0.1, 0.15) is 20.3 Å². The normalized spacial score (nSPS) is 14.3. The van der Waals surface area contributed by atoms with Crippen LogP contribution in [0.25, 0.3) is 0 Å². The molecule has 4 heteroatoms. The van der Waals surface area contributed by atoms with E-state index in [0.29, 0.717) is 27.3 Å². The van der Waals surface area contributed by atoms with Crippen LogP contribution in [-0.4, -0.2) is 29.0 Å². The first-order valence-corrected chi connectivity index (χ1v) is 9.20. The van der Waals surface area contributed by atoms with Crippen molar-refractivity contribution in [2.75, 3.05) is 0 Å². The molecule has 1 aromatic carbocycles. The number of rotatable bonds is 4. The molecule has 84 valence electrons. The second-order valence-electron chi connectivity index (χ2n) is 4.30. The molecule has 0 heterocycles. The molecule has 1 unspecified atom stereocenters.